The third-order valence-corrected chi connectivity index (χ3v) is 4.78. The molecule has 2 aromatic rings. The number of hydrogen-bond acceptors (Lipinski definition) is 4. The van der Waals surface area contributed by atoms with Gasteiger partial charge in [0.15, 0.2) is 0 Å². The molecule has 1 amide bonds. The van der Waals surface area contributed by atoms with Gasteiger partial charge >= 0.3 is 6.09 Å². The topological polar surface area (TPSA) is 62.7 Å². The number of hydrogen-bond donors (Lipinski definition) is 1. The van der Waals surface area contributed by atoms with E-state index in [2.05, 4.69) is 16.8 Å². The van der Waals surface area contributed by atoms with Gasteiger partial charge in [-0.15, -0.1) is 0 Å². The van der Waals surface area contributed by atoms with Gasteiger partial charge in [-0.05, 0) is 56.5 Å². The lowest BCUT2D eigenvalue weighted by molar-refractivity contribution is -0.0309. The number of nitrogens with zero attached hydrogens (tertiary/aromatic N) is 2. The van der Waals surface area contributed by atoms with E-state index >= 15 is 0 Å². The number of ether oxygens (including phenoxy) is 1. The third kappa shape index (κ3) is 5.34. The Morgan fingerprint density at radius 1 is 1.25 bits per heavy atom. The highest BCUT2D eigenvalue weighted by molar-refractivity contribution is 5.69. The molecule has 2 atom stereocenters. The predicted molar refractivity (Wildman–Crippen MR) is 108 cm³/mol. The summed E-state index contributed by atoms with van der Waals surface area (Å²) < 4.78 is 5.53. The predicted octanol–water partition coefficient (Wildman–Crippen LogP) is 3.91. The van der Waals surface area contributed by atoms with Crippen molar-refractivity contribution in [2.24, 2.45) is 0 Å². The summed E-state index contributed by atoms with van der Waals surface area (Å²) in [6.07, 6.45) is 2.32. The highest BCUT2D eigenvalue weighted by Crippen LogP contribution is 2.28. The van der Waals surface area contributed by atoms with E-state index in [0.717, 1.165) is 16.8 Å². The highest BCUT2D eigenvalue weighted by Gasteiger charge is 2.33. The summed E-state index contributed by atoms with van der Waals surface area (Å²) in [5.41, 5.74) is 1.82. The Hall–Kier alpha value is -2.84. The second-order valence-electron chi connectivity index (χ2n) is 7.77. The van der Waals surface area contributed by atoms with Crippen molar-refractivity contribution in [1.29, 1.82) is 0 Å². The number of amides is 1. The maximum Gasteiger partial charge on any atom is 0.410 e. The van der Waals surface area contributed by atoms with Gasteiger partial charge in [0, 0.05) is 31.1 Å². The molecule has 5 heteroatoms. The van der Waals surface area contributed by atoms with Gasteiger partial charge in [0.2, 0.25) is 0 Å². The molecule has 0 radical (unpaired) electrons. The van der Waals surface area contributed by atoms with E-state index in [1.807, 2.05) is 49.4 Å². The Balaban J connectivity index is 1.63. The van der Waals surface area contributed by atoms with Crippen molar-refractivity contribution in [3.8, 4) is 11.8 Å². The Labute approximate surface area is 166 Å². The largest absolute Gasteiger partial charge is 0.446 e. The third-order valence-electron chi connectivity index (χ3n) is 4.78. The Morgan fingerprint density at radius 2 is 2.00 bits per heavy atom. The first-order chi connectivity index (χ1) is 13.3. The molecule has 0 saturated carbocycles. The van der Waals surface area contributed by atoms with Crippen LogP contribution in [0, 0.1) is 11.8 Å². The fraction of sp³-hybridized carbons (Fsp3) is 0.391. The first-order valence-corrected chi connectivity index (χ1v) is 9.54. The van der Waals surface area contributed by atoms with Crippen molar-refractivity contribution in [2.75, 3.05) is 6.54 Å². The maximum atomic E-state index is 12.4. The molecule has 146 valence electrons. The fourth-order valence-electron chi connectivity index (χ4n) is 3.29. The van der Waals surface area contributed by atoms with E-state index in [4.69, 9.17) is 4.74 Å². The lowest BCUT2D eigenvalue weighted by Crippen LogP contribution is -2.45. The summed E-state index contributed by atoms with van der Waals surface area (Å²) in [4.78, 5) is 18.3. The zero-order chi connectivity index (χ0) is 20.1. The second kappa shape index (κ2) is 8.45. The van der Waals surface area contributed by atoms with Crippen LogP contribution in [0.15, 0.2) is 48.7 Å². The van der Waals surface area contributed by atoms with E-state index in [1.165, 1.54) is 0 Å². The second-order valence-corrected chi connectivity index (χ2v) is 7.77. The molecule has 0 aliphatic carbocycles. The molecular formula is C23H26N2O3. The average molecular weight is 378 g/mol. The van der Waals surface area contributed by atoms with Crippen LogP contribution in [0.4, 0.5) is 4.79 Å². The van der Waals surface area contributed by atoms with Crippen LogP contribution in [0.25, 0.3) is 0 Å². The summed E-state index contributed by atoms with van der Waals surface area (Å²) in [6, 6.07) is 13.4. The van der Waals surface area contributed by atoms with Crippen molar-refractivity contribution in [3.05, 3.63) is 65.5 Å². The number of carbonyl (C=O) groups excluding carboxylic acids is 1. The van der Waals surface area contributed by atoms with Crippen LogP contribution in [-0.2, 0) is 4.74 Å². The Kier molecular flexibility index (Phi) is 6.01. The maximum absolute atomic E-state index is 12.4. The van der Waals surface area contributed by atoms with Gasteiger partial charge in [-0.1, -0.05) is 24.1 Å². The van der Waals surface area contributed by atoms with Crippen molar-refractivity contribution < 1.29 is 14.6 Å². The fourth-order valence-corrected chi connectivity index (χ4v) is 3.29. The zero-order valence-corrected chi connectivity index (χ0v) is 16.6. The number of benzene rings is 1. The van der Waals surface area contributed by atoms with E-state index in [-0.39, 0.29) is 18.2 Å². The SMILES string of the molecule is CC(c1ccc(C#Cc2ccccn2)cc1)N1CCC(CC(C)(C)O)OC1=O. The van der Waals surface area contributed by atoms with E-state index in [9.17, 15) is 9.90 Å². The molecule has 28 heavy (non-hydrogen) atoms. The Morgan fingerprint density at radius 3 is 2.61 bits per heavy atom. The van der Waals surface area contributed by atoms with Crippen LogP contribution in [0.5, 0.6) is 0 Å². The van der Waals surface area contributed by atoms with E-state index in [1.54, 1.807) is 24.9 Å². The number of aliphatic hydroxyl groups is 1. The standard InChI is InChI=1S/C23H26N2O3/c1-17(25-15-13-21(28-22(25)26)16-23(2,3)27)19-10-7-18(8-11-19)9-12-20-6-4-5-14-24-20/h4-8,10-11,14,17,21,27H,13,15-16H2,1-3H3. The molecular weight excluding hydrogens is 352 g/mol. The first kappa shape index (κ1) is 19.9. The molecule has 1 aliphatic heterocycles. The molecule has 1 aromatic carbocycles. The van der Waals surface area contributed by atoms with Gasteiger partial charge in [0.25, 0.3) is 0 Å². The molecule has 1 N–H and O–H groups in total. The van der Waals surface area contributed by atoms with Crippen LogP contribution in [-0.4, -0.2) is 39.3 Å². The molecule has 1 aliphatic rings. The number of cyclic esters (lactones) is 1. The monoisotopic (exact) mass is 378 g/mol. The minimum absolute atomic E-state index is 0.0895. The van der Waals surface area contributed by atoms with Gasteiger partial charge in [0.05, 0.1) is 11.6 Å². The zero-order valence-electron chi connectivity index (χ0n) is 16.6. The van der Waals surface area contributed by atoms with Gasteiger partial charge in [0.1, 0.15) is 11.8 Å². The van der Waals surface area contributed by atoms with Crippen LogP contribution in [0.1, 0.15) is 56.5 Å². The average Bonchev–Trinajstić information content (AvgIpc) is 2.66. The summed E-state index contributed by atoms with van der Waals surface area (Å²) in [5.74, 6) is 6.14. The number of pyridine rings is 1. The van der Waals surface area contributed by atoms with Crippen LogP contribution in [0.2, 0.25) is 0 Å². The summed E-state index contributed by atoms with van der Waals surface area (Å²) >= 11 is 0. The summed E-state index contributed by atoms with van der Waals surface area (Å²) in [7, 11) is 0. The molecule has 1 saturated heterocycles. The lowest BCUT2D eigenvalue weighted by Gasteiger charge is -2.37. The van der Waals surface area contributed by atoms with Crippen LogP contribution < -0.4 is 0 Å². The molecule has 0 bridgehead atoms. The van der Waals surface area contributed by atoms with Crippen molar-refractivity contribution in [3.63, 3.8) is 0 Å². The molecule has 1 aromatic heterocycles. The van der Waals surface area contributed by atoms with E-state index in [0.29, 0.717) is 19.4 Å². The molecule has 3 rings (SSSR count). The smallest absolute Gasteiger partial charge is 0.410 e. The highest BCUT2D eigenvalue weighted by atomic mass is 16.6. The van der Waals surface area contributed by atoms with Crippen LogP contribution in [0.3, 0.4) is 0 Å². The minimum Gasteiger partial charge on any atom is -0.446 e. The Bertz CT molecular complexity index is 861. The molecule has 2 heterocycles. The van der Waals surface area contributed by atoms with Crippen LogP contribution >= 0.6 is 0 Å². The number of aromatic nitrogens is 1. The van der Waals surface area contributed by atoms with Gasteiger partial charge in [-0.25, -0.2) is 9.78 Å². The number of rotatable bonds is 4. The van der Waals surface area contributed by atoms with Crippen molar-refractivity contribution in [1.82, 2.24) is 9.88 Å². The molecule has 5 nitrogen and oxygen atoms in total. The van der Waals surface area contributed by atoms with Crippen molar-refractivity contribution in [2.45, 2.75) is 51.4 Å². The van der Waals surface area contributed by atoms with Gasteiger partial charge in [-0.2, -0.15) is 0 Å². The molecule has 1 fully saturated rings. The first-order valence-electron chi connectivity index (χ1n) is 9.54. The molecule has 2 unspecified atom stereocenters. The molecule has 0 spiro atoms. The summed E-state index contributed by atoms with van der Waals surface area (Å²) in [6.45, 7) is 6.07. The number of carbonyl (C=O) groups is 1. The normalized spacial score (nSPS) is 18.1. The van der Waals surface area contributed by atoms with Gasteiger partial charge in [-0.3, -0.25) is 0 Å². The minimum atomic E-state index is -0.842. The lowest BCUT2D eigenvalue weighted by atomic mass is 9.97. The van der Waals surface area contributed by atoms with E-state index < -0.39 is 5.60 Å². The quantitative estimate of drug-likeness (QED) is 0.820. The summed E-state index contributed by atoms with van der Waals surface area (Å²) in [5, 5.41) is 9.93. The van der Waals surface area contributed by atoms with Crippen molar-refractivity contribution >= 4 is 6.09 Å². The van der Waals surface area contributed by atoms with Gasteiger partial charge < -0.3 is 14.7 Å².